The van der Waals surface area contributed by atoms with Crippen molar-refractivity contribution >= 4 is 43.6 Å². The lowest BCUT2D eigenvalue weighted by Crippen LogP contribution is -2.50. The molecule has 1 heterocycles. The molecule has 58 heavy (non-hydrogen) atoms. The molecule has 2 N–H and O–H groups in total. The third-order valence-electron chi connectivity index (χ3n) is 8.84. The fraction of sp³-hybridized carbons (Fsp3) is 0.297. The summed E-state index contributed by atoms with van der Waals surface area (Å²) in [7, 11) is -8.39. The summed E-state index contributed by atoms with van der Waals surface area (Å²) in [6, 6.07) is 15.3. The second-order valence-electron chi connectivity index (χ2n) is 14.0. The highest BCUT2D eigenvalue weighted by Crippen LogP contribution is 2.35. The van der Waals surface area contributed by atoms with E-state index < -0.39 is 99.8 Å². The minimum atomic E-state index is -4.84. The number of nitrogens with zero attached hydrogens (tertiary/aromatic N) is 4. The van der Waals surface area contributed by atoms with Gasteiger partial charge in [-0.1, -0.05) is 42.5 Å². The Morgan fingerprint density at radius 3 is 2.03 bits per heavy atom. The summed E-state index contributed by atoms with van der Waals surface area (Å²) in [4.78, 5) is 47.2. The van der Waals surface area contributed by atoms with Gasteiger partial charge in [0.05, 0.1) is 29.6 Å². The second-order valence-corrected chi connectivity index (χ2v) is 17.4. The summed E-state index contributed by atoms with van der Waals surface area (Å²) >= 11 is 0. The normalized spacial score (nSPS) is 14.9. The third-order valence-corrected chi connectivity index (χ3v) is 12.0. The maximum atomic E-state index is 14.2. The lowest BCUT2D eigenvalue weighted by Gasteiger charge is -2.36. The molecular formula is C37H38N4O15S2. The molecule has 0 aliphatic carbocycles. The Kier molecular flexibility index (Phi) is 12.4. The molecule has 0 radical (unpaired) electrons. The monoisotopic (exact) mass is 842 g/mol. The number of rotatable bonds is 13. The lowest BCUT2D eigenvalue weighted by molar-refractivity contribution is -0.388. The molecule has 19 nitrogen and oxygen atoms in total. The Hall–Kier alpha value is -6.16. The van der Waals surface area contributed by atoms with Gasteiger partial charge < -0.3 is 23.9 Å². The van der Waals surface area contributed by atoms with E-state index in [0.29, 0.717) is 15.4 Å². The van der Waals surface area contributed by atoms with Crippen LogP contribution in [0.5, 0.6) is 11.5 Å². The van der Waals surface area contributed by atoms with Crippen LogP contribution in [-0.4, -0.2) is 83.5 Å². The highest BCUT2D eigenvalue weighted by molar-refractivity contribution is 7.89. The smallest absolute Gasteiger partial charge is 0.411 e. The van der Waals surface area contributed by atoms with Gasteiger partial charge in [-0.3, -0.25) is 25.1 Å². The molecular weight excluding hydrogens is 805 g/mol. The summed E-state index contributed by atoms with van der Waals surface area (Å²) in [5.41, 5.74) is -1.51. The van der Waals surface area contributed by atoms with Gasteiger partial charge in [-0.15, -0.1) is 0 Å². The van der Waals surface area contributed by atoms with E-state index in [1.54, 1.807) is 20.8 Å². The molecule has 1 amide bonds. The van der Waals surface area contributed by atoms with E-state index in [-0.39, 0.29) is 29.8 Å². The lowest BCUT2D eigenvalue weighted by atomic mass is 9.92. The SMILES string of the molecule is COC(=O)[C@@H]1Cc2cc(CN(C[C@H](O)c3ccc(OS(=O)(=O)c4ccccc4[N+](=O)[O-])cc3)S(=O)(=O)c3ccccc3[N+](=O)[O-])c(O)cc2CN1C(=O)OC(C)(C)C. The number of para-hydroxylation sites is 2. The first kappa shape index (κ1) is 43.0. The molecule has 4 aromatic carbocycles. The number of aromatic hydroxyl groups is 1. The van der Waals surface area contributed by atoms with Gasteiger partial charge >= 0.3 is 22.2 Å². The van der Waals surface area contributed by atoms with E-state index in [4.69, 9.17) is 13.7 Å². The molecule has 308 valence electrons. The topological polar surface area (TPSA) is 263 Å². The number of nitro groups is 2. The van der Waals surface area contributed by atoms with E-state index in [2.05, 4.69) is 0 Å². The number of esters is 1. The molecule has 5 rings (SSSR count). The number of phenolic OH excluding ortho intramolecular Hbond substituents is 1. The Morgan fingerprint density at radius 1 is 0.897 bits per heavy atom. The highest BCUT2D eigenvalue weighted by Gasteiger charge is 2.39. The van der Waals surface area contributed by atoms with Crippen molar-refractivity contribution in [3.63, 3.8) is 0 Å². The standard InChI is InChI=1S/C37H38N4O15S2/c1-37(2,3)55-36(45)39-21-25-19-31(42)26(17-24(25)18-30(39)35(44)54-4)20-38(57(50,51)33-11-7-5-9-28(33)40(46)47)22-32(43)23-13-15-27(16-14-23)56-58(52,53)34-12-8-6-10-29(34)41(48)49/h5-17,19,30,32,42-43H,18,20-22H2,1-4H3/t30-,32-/m0/s1. The van der Waals surface area contributed by atoms with Crippen LogP contribution in [-0.2, 0) is 53.9 Å². The van der Waals surface area contributed by atoms with E-state index in [0.717, 1.165) is 48.4 Å². The zero-order chi connectivity index (χ0) is 42.7. The molecule has 0 saturated carbocycles. The summed E-state index contributed by atoms with van der Waals surface area (Å²) in [6.07, 6.45) is -2.59. The number of fused-ring (bicyclic) bond motifs is 1. The van der Waals surface area contributed by atoms with Gasteiger partial charge in [-0.05, 0) is 67.8 Å². The van der Waals surface area contributed by atoms with Crippen LogP contribution in [0.25, 0.3) is 0 Å². The number of ether oxygens (including phenoxy) is 2. The van der Waals surface area contributed by atoms with Gasteiger partial charge in [0.25, 0.3) is 11.4 Å². The maximum absolute atomic E-state index is 14.2. The van der Waals surface area contributed by atoms with Gasteiger partial charge in [0.15, 0.2) is 9.79 Å². The zero-order valence-electron chi connectivity index (χ0n) is 31.4. The molecule has 0 saturated heterocycles. The van der Waals surface area contributed by atoms with Crippen molar-refractivity contribution < 1.29 is 60.1 Å². The van der Waals surface area contributed by atoms with Crippen molar-refractivity contribution in [1.29, 1.82) is 0 Å². The molecule has 1 aliphatic rings. The Morgan fingerprint density at radius 2 is 1.47 bits per heavy atom. The molecule has 21 heteroatoms. The first-order chi connectivity index (χ1) is 27.1. The van der Waals surface area contributed by atoms with E-state index in [1.807, 2.05) is 0 Å². The molecule has 4 aromatic rings. The number of sulfonamides is 1. The average Bonchev–Trinajstić information content (AvgIpc) is 3.16. The van der Waals surface area contributed by atoms with Crippen molar-refractivity contribution in [1.82, 2.24) is 9.21 Å². The number of aliphatic hydroxyl groups excluding tert-OH is 1. The summed E-state index contributed by atoms with van der Waals surface area (Å²) in [5, 5.41) is 45.9. The van der Waals surface area contributed by atoms with Crippen molar-refractivity contribution in [3.05, 3.63) is 127 Å². The van der Waals surface area contributed by atoms with Crippen LogP contribution in [0.4, 0.5) is 16.2 Å². The number of carbonyl (C=O) groups excluding carboxylic acids is 2. The van der Waals surface area contributed by atoms with Gasteiger partial charge in [-0.25, -0.2) is 18.0 Å². The summed E-state index contributed by atoms with van der Waals surface area (Å²) in [6.45, 7) is 3.35. The maximum Gasteiger partial charge on any atom is 0.411 e. The molecule has 0 bridgehead atoms. The number of amides is 1. The number of hydrogen-bond acceptors (Lipinski definition) is 15. The number of methoxy groups -OCH3 is 1. The largest absolute Gasteiger partial charge is 0.508 e. The van der Waals surface area contributed by atoms with Crippen LogP contribution in [0.1, 0.15) is 49.1 Å². The van der Waals surface area contributed by atoms with Crippen LogP contribution < -0.4 is 4.18 Å². The molecule has 2 atom stereocenters. The quantitative estimate of drug-likeness (QED) is 0.0797. The van der Waals surface area contributed by atoms with Gasteiger partial charge in [0, 0.05) is 37.2 Å². The molecule has 0 unspecified atom stereocenters. The minimum Gasteiger partial charge on any atom is -0.508 e. The minimum absolute atomic E-state index is 0.0218. The Bertz CT molecular complexity index is 2470. The predicted octanol–water partition coefficient (Wildman–Crippen LogP) is 4.74. The molecule has 0 spiro atoms. The number of carbonyl (C=O) groups is 2. The van der Waals surface area contributed by atoms with Crippen molar-refractivity contribution in [2.24, 2.45) is 0 Å². The Labute approximate surface area is 332 Å². The van der Waals surface area contributed by atoms with E-state index in [1.165, 1.54) is 48.5 Å². The zero-order valence-corrected chi connectivity index (χ0v) is 33.0. The van der Waals surface area contributed by atoms with Crippen molar-refractivity contribution in [3.8, 4) is 11.5 Å². The average molecular weight is 843 g/mol. The number of hydrogen-bond donors (Lipinski definition) is 2. The first-order valence-corrected chi connectivity index (χ1v) is 20.1. The van der Waals surface area contributed by atoms with Gasteiger partial charge in [-0.2, -0.15) is 12.7 Å². The van der Waals surface area contributed by atoms with Crippen LogP contribution >= 0.6 is 0 Å². The fourth-order valence-corrected chi connectivity index (χ4v) is 8.78. The molecule has 0 fully saturated rings. The van der Waals surface area contributed by atoms with Gasteiger partial charge in [0.1, 0.15) is 23.1 Å². The number of nitro benzene ring substituents is 2. The van der Waals surface area contributed by atoms with Crippen LogP contribution in [0.2, 0.25) is 0 Å². The Balaban J connectivity index is 1.48. The second kappa shape index (κ2) is 16.7. The number of phenols is 1. The van der Waals surface area contributed by atoms with Crippen LogP contribution in [0.3, 0.4) is 0 Å². The van der Waals surface area contributed by atoms with Gasteiger partial charge in [0.2, 0.25) is 10.0 Å². The van der Waals surface area contributed by atoms with E-state index in [9.17, 15) is 56.9 Å². The predicted molar refractivity (Wildman–Crippen MR) is 202 cm³/mol. The number of aliphatic hydroxyl groups is 1. The first-order valence-electron chi connectivity index (χ1n) is 17.2. The van der Waals surface area contributed by atoms with Crippen molar-refractivity contribution in [2.75, 3.05) is 13.7 Å². The summed E-state index contributed by atoms with van der Waals surface area (Å²) < 4.78 is 70.5. The summed E-state index contributed by atoms with van der Waals surface area (Å²) in [5.74, 6) is -1.49. The van der Waals surface area contributed by atoms with E-state index >= 15 is 0 Å². The third kappa shape index (κ3) is 9.50. The fourth-order valence-electron chi connectivity index (χ4n) is 6.10. The van der Waals surface area contributed by atoms with Crippen molar-refractivity contribution in [2.45, 2.75) is 67.8 Å². The molecule has 1 aliphatic heterocycles. The van der Waals surface area contributed by atoms with Crippen LogP contribution in [0.15, 0.2) is 94.7 Å². The number of benzene rings is 4. The highest BCUT2D eigenvalue weighted by atomic mass is 32.2. The van der Waals surface area contributed by atoms with Crippen LogP contribution in [0, 0.1) is 20.2 Å². The molecule has 0 aromatic heterocycles.